The molecule has 2 amide bonds. The number of hydrogen-bond acceptors (Lipinski definition) is 4. The van der Waals surface area contributed by atoms with E-state index in [2.05, 4.69) is 10.3 Å². The second-order valence-corrected chi connectivity index (χ2v) is 9.32. The second-order valence-electron chi connectivity index (χ2n) is 9.32. The Morgan fingerprint density at radius 1 is 0.970 bits per heavy atom. The monoisotopic (exact) mass is 443 g/mol. The van der Waals surface area contributed by atoms with Crippen LogP contribution in [0.3, 0.4) is 0 Å². The first kappa shape index (κ1) is 22.5. The van der Waals surface area contributed by atoms with Gasteiger partial charge >= 0.3 is 6.09 Å². The fourth-order valence-corrected chi connectivity index (χ4v) is 4.13. The molecule has 1 aromatic heterocycles. The highest BCUT2D eigenvalue weighted by molar-refractivity contribution is 5.94. The number of amides is 2. The van der Waals surface area contributed by atoms with E-state index in [9.17, 15) is 9.59 Å². The van der Waals surface area contributed by atoms with E-state index in [4.69, 9.17) is 4.74 Å². The molecule has 1 fully saturated rings. The number of aromatic nitrogens is 1. The second kappa shape index (κ2) is 9.45. The van der Waals surface area contributed by atoms with Crippen LogP contribution < -0.4 is 5.32 Å². The number of ether oxygens (including phenoxy) is 1. The van der Waals surface area contributed by atoms with Gasteiger partial charge in [0.05, 0.1) is 5.92 Å². The molecule has 0 spiro atoms. The van der Waals surface area contributed by atoms with Crippen molar-refractivity contribution in [3.63, 3.8) is 0 Å². The van der Waals surface area contributed by atoms with Crippen LogP contribution in [0.2, 0.25) is 0 Å². The Bertz CT molecular complexity index is 1110. The predicted octanol–water partition coefficient (Wildman–Crippen LogP) is 5.34. The van der Waals surface area contributed by atoms with Crippen molar-refractivity contribution >= 4 is 17.7 Å². The largest absolute Gasteiger partial charge is 0.444 e. The van der Waals surface area contributed by atoms with Crippen LogP contribution in [0.4, 0.5) is 10.5 Å². The summed E-state index contributed by atoms with van der Waals surface area (Å²) in [5.41, 5.74) is 3.11. The predicted molar refractivity (Wildman–Crippen MR) is 129 cm³/mol. The Morgan fingerprint density at radius 2 is 1.73 bits per heavy atom. The van der Waals surface area contributed by atoms with Crippen molar-refractivity contribution in [2.24, 2.45) is 5.92 Å². The molecule has 0 saturated carbocycles. The van der Waals surface area contributed by atoms with E-state index in [1.807, 2.05) is 87.5 Å². The Labute approximate surface area is 194 Å². The molecule has 33 heavy (non-hydrogen) atoms. The average molecular weight is 444 g/mol. The molecular formula is C27H29N3O3. The van der Waals surface area contributed by atoms with Crippen molar-refractivity contribution in [2.75, 3.05) is 18.4 Å². The fraction of sp³-hybridized carbons (Fsp3) is 0.296. The van der Waals surface area contributed by atoms with Crippen LogP contribution in [0.15, 0.2) is 79.1 Å². The third kappa shape index (κ3) is 5.58. The maximum atomic E-state index is 13.4. The van der Waals surface area contributed by atoms with Crippen LogP contribution in [0.1, 0.15) is 32.3 Å². The van der Waals surface area contributed by atoms with Crippen molar-refractivity contribution < 1.29 is 14.3 Å². The molecule has 6 heteroatoms. The third-order valence-corrected chi connectivity index (χ3v) is 5.66. The van der Waals surface area contributed by atoms with Crippen LogP contribution in [0, 0.1) is 5.92 Å². The van der Waals surface area contributed by atoms with Gasteiger partial charge in [0, 0.05) is 42.7 Å². The molecule has 2 atom stereocenters. The third-order valence-electron chi connectivity index (χ3n) is 5.66. The topological polar surface area (TPSA) is 71.5 Å². The summed E-state index contributed by atoms with van der Waals surface area (Å²) in [6.07, 6.45) is 3.13. The van der Waals surface area contributed by atoms with E-state index in [0.29, 0.717) is 18.8 Å². The van der Waals surface area contributed by atoms with Crippen LogP contribution >= 0.6 is 0 Å². The van der Waals surface area contributed by atoms with Gasteiger partial charge in [0.2, 0.25) is 5.91 Å². The van der Waals surface area contributed by atoms with Crippen molar-refractivity contribution in [3.8, 4) is 11.1 Å². The maximum Gasteiger partial charge on any atom is 0.410 e. The summed E-state index contributed by atoms with van der Waals surface area (Å²) in [7, 11) is 0. The maximum absolute atomic E-state index is 13.4. The molecule has 6 nitrogen and oxygen atoms in total. The minimum atomic E-state index is -0.591. The van der Waals surface area contributed by atoms with Gasteiger partial charge in [0.25, 0.3) is 0 Å². The number of benzene rings is 2. The van der Waals surface area contributed by atoms with Gasteiger partial charge in [-0.15, -0.1) is 0 Å². The zero-order valence-corrected chi connectivity index (χ0v) is 19.2. The molecule has 1 saturated heterocycles. The first-order valence-corrected chi connectivity index (χ1v) is 11.1. The van der Waals surface area contributed by atoms with Crippen LogP contribution in [0.5, 0.6) is 0 Å². The molecule has 0 unspecified atom stereocenters. The number of pyridine rings is 1. The van der Waals surface area contributed by atoms with Crippen molar-refractivity contribution in [3.05, 3.63) is 84.7 Å². The standard InChI is InChI=1S/C27H29N3O3/c1-27(2,3)33-26(32)30-17-23(19-9-5-4-6-10-19)24(18-30)25(31)29-22-13-7-11-20(15-22)21-12-8-14-28-16-21/h4-16,23-24H,17-18H2,1-3H3,(H,29,31)/t23-,24+/m0/s1. The number of carbonyl (C=O) groups is 2. The lowest BCUT2D eigenvalue weighted by Crippen LogP contribution is -2.36. The van der Waals surface area contributed by atoms with Gasteiger partial charge in [-0.3, -0.25) is 9.78 Å². The highest BCUT2D eigenvalue weighted by Gasteiger charge is 2.41. The van der Waals surface area contributed by atoms with Gasteiger partial charge in [0.15, 0.2) is 0 Å². The van der Waals surface area contributed by atoms with Gasteiger partial charge in [0.1, 0.15) is 5.60 Å². The lowest BCUT2D eigenvalue weighted by Gasteiger charge is -2.24. The van der Waals surface area contributed by atoms with E-state index in [1.165, 1.54) is 0 Å². The van der Waals surface area contributed by atoms with Gasteiger partial charge in [-0.2, -0.15) is 0 Å². The number of hydrogen-bond donors (Lipinski definition) is 1. The smallest absolute Gasteiger partial charge is 0.410 e. The Morgan fingerprint density at radius 3 is 2.42 bits per heavy atom. The number of rotatable bonds is 4. The number of likely N-dealkylation sites (tertiary alicyclic amines) is 1. The zero-order valence-electron chi connectivity index (χ0n) is 19.2. The summed E-state index contributed by atoms with van der Waals surface area (Å²) in [5.74, 6) is -0.611. The van der Waals surface area contributed by atoms with Gasteiger partial charge in [-0.05, 0) is 50.1 Å². The molecule has 2 heterocycles. The van der Waals surface area contributed by atoms with E-state index < -0.39 is 11.7 Å². The van der Waals surface area contributed by atoms with Crippen LogP contribution in [-0.2, 0) is 9.53 Å². The molecular weight excluding hydrogens is 414 g/mol. The van der Waals surface area contributed by atoms with Crippen LogP contribution in [-0.4, -0.2) is 40.6 Å². The van der Waals surface area contributed by atoms with Gasteiger partial charge < -0.3 is 15.0 Å². The SMILES string of the molecule is CC(C)(C)OC(=O)N1C[C@@H](C(=O)Nc2cccc(-c3cccnc3)c2)[C@H](c2ccccc2)C1. The van der Waals surface area contributed by atoms with E-state index in [1.54, 1.807) is 17.3 Å². The van der Waals surface area contributed by atoms with Gasteiger partial charge in [-0.1, -0.05) is 48.5 Å². The van der Waals surface area contributed by atoms with Crippen molar-refractivity contribution in [1.82, 2.24) is 9.88 Å². The van der Waals surface area contributed by atoms with Crippen molar-refractivity contribution in [2.45, 2.75) is 32.3 Å². The highest BCUT2D eigenvalue weighted by Crippen LogP contribution is 2.34. The Hall–Kier alpha value is -3.67. The van der Waals surface area contributed by atoms with Gasteiger partial charge in [-0.25, -0.2) is 4.79 Å². The fourth-order valence-electron chi connectivity index (χ4n) is 4.13. The normalized spacial score (nSPS) is 18.1. The molecule has 4 rings (SSSR count). The summed E-state index contributed by atoms with van der Waals surface area (Å²) in [6, 6.07) is 21.4. The number of anilines is 1. The Kier molecular flexibility index (Phi) is 6.45. The highest BCUT2D eigenvalue weighted by atomic mass is 16.6. The minimum absolute atomic E-state index is 0.111. The van der Waals surface area contributed by atoms with E-state index in [-0.39, 0.29) is 17.7 Å². The molecule has 0 aliphatic carbocycles. The molecule has 2 aromatic carbocycles. The summed E-state index contributed by atoms with van der Waals surface area (Å²) in [6.45, 7) is 6.27. The Balaban J connectivity index is 1.55. The summed E-state index contributed by atoms with van der Waals surface area (Å²) >= 11 is 0. The van der Waals surface area contributed by atoms with E-state index in [0.717, 1.165) is 16.7 Å². The molecule has 0 radical (unpaired) electrons. The van der Waals surface area contributed by atoms with E-state index >= 15 is 0 Å². The number of nitrogens with zero attached hydrogens (tertiary/aromatic N) is 2. The summed E-state index contributed by atoms with van der Waals surface area (Å²) in [4.78, 5) is 31.9. The quantitative estimate of drug-likeness (QED) is 0.591. The van der Waals surface area contributed by atoms with Crippen molar-refractivity contribution in [1.29, 1.82) is 0 Å². The van der Waals surface area contributed by atoms with Crippen LogP contribution in [0.25, 0.3) is 11.1 Å². The number of nitrogens with one attached hydrogen (secondary N) is 1. The number of carbonyl (C=O) groups excluding carboxylic acids is 2. The minimum Gasteiger partial charge on any atom is -0.444 e. The zero-order chi connectivity index (χ0) is 23.4. The lowest BCUT2D eigenvalue weighted by molar-refractivity contribution is -0.119. The average Bonchev–Trinajstić information content (AvgIpc) is 3.25. The summed E-state index contributed by atoms with van der Waals surface area (Å²) in [5, 5.41) is 3.06. The first-order chi connectivity index (χ1) is 15.8. The molecule has 170 valence electrons. The molecule has 3 aromatic rings. The first-order valence-electron chi connectivity index (χ1n) is 11.1. The lowest BCUT2D eigenvalue weighted by atomic mass is 9.88. The summed E-state index contributed by atoms with van der Waals surface area (Å²) < 4.78 is 5.57. The molecule has 1 N–H and O–H groups in total. The molecule has 1 aliphatic heterocycles. The molecule has 0 bridgehead atoms. The molecule has 1 aliphatic rings.